The minimum Gasteiger partial charge on any atom is -0.465 e. The summed E-state index contributed by atoms with van der Waals surface area (Å²) in [4.78, 5) is 11.2. The fourth-order valence-electron chi connectivity index (χ4n) is 1.27. The molecule has 0 aliphatic carbocycles. The van der Waals surface area contributed by atoms with Crippen LogP contribution in [0.4, 0.5) is 4.39 Å². The lowest BCUT2D eigenvalue weighted by Gasteiger charge is -2.11. The third-order valence-electron chi connectivity index (χ3n) is 2.04. The van der Waals surface area contributed by atoms with Gasteiger partial charge >= 0.3 is 5.97 Å². The Kier molecular flexibility index (Phi) is 4.71. The largest absolute Gasteiger partial charge is 0.465 e. The maximum absolute atomic E-state index is 13.3. The van der Waals surface area contributed by atoms with Crippen LogP contribution in [0.2, 0.25) is 5.02 Å². The van der Waals surface area contributed by atoms with E-state index in [0.717, 1.165) is 0 Å². The molecule has 0 saturated heterocycles. The number of ether oxygens (including phenoxy) is 1. The first-order valence-corrected chi connectivity index (χ1v) is 5.28. The number of hydrogen-bond acceptors (Lipinski definition) is 3. The third-order valence-corrected chi connectivity index (χ3v) is 2.27. The molecule has 0 amide bonds. The van der Waals surface area contributed by atoms with Crippen molar-refractivity contribution in [2.45, 2.75) is 19.4 Å². The molecule has 1 aromatic rings. The summed E-state index contributed by atoms with van der Waals surface area (Å²) in [5.41, 5.74) is 5.88. The molecule has 88 valence electrons. The van der Waals surface area contributed by atoms with Crippen molar-refractivity contribution < 1.29 is 13.9 Å². The first-order chi connectivity index (χ1) is 7.54. The van der Waals surface area contributed by atoms with Crippen molar-refractivity contribution in [2.75, 3.05) is 6.61 Å². The number of benzene rings is 1. The highest BCUT2D eigenvalue weighted by molar-refractivity contribution is 6.30. The van der Waals surface area contributed by atoms with E-state index in [1.54, 1.807) is 6.92 Å². The number of esters is 1. The van der Waals surface area contributed by atoms with Crippen molar-refractivity contribution in [1.82, 2.24) is 0 Å². The maximum Gasteiger partial charge on any atom is 0.323 e. The van der Waals surface area contributed by atoms with Gasteiger partial charge in [-0.3, -0.25) is 4.79 Å². The molecule has 16 heavy (non-hydrogen) atoms. The number of halogens is 2. The van der Waals surface area contributed by atoms with Gasteiger partial charge in [-0.1, -0.05) is 11.6 Å². The van der Waals surface area contributed by atoms with Crippen molar-refractivity contribution in [1.29, 1.82) is 0 Å². The molecule has 5 heteroatoms. The summed E-state index contributed by atoms with van der Waals surface area (Å²) in [5, 5.41) is 0.410. The van der Waals surface area contributed by atoms with Gasteiger partial charge in [-0.2, -0.15) is 0 Å². The van der Waals surface area contributed by atoms with Crippen LogP contribution in [0.5, 0.6) is 0 Å². The Morgan fingerprint density at radius 1 is 1.62 bits per heavy atom. The van der Waals surface area contributed by atoms with E-state index in [-0.39, 0.29) is 13.0 Å². The topological polar surface area (TPSA) is 52.3 Å². The number of carbonyl (C=O) groups excluding carboxylic acids is 1. The molecular weight excluding hydrogens is 233 g/mol. The molecule has 1 atom stereocenters. The highest BCUT2D eigenvalue weighted by Crippen LogP contribution is 2.16. The average molecular weight is 246 g/mol. The van der Waals surface area contributed by atoms with E-state index in [4.69, 9.17) is 22.1 Å². The number of hydrogen-bond donors (Lipinski definition) is 1. The van der Waals surface area contributed by atoms with Crippen molar-refractivity contribution in [2.24, 2.45) is 5.73 Å². The lowest BCUT2D eigenvalue weighted by atomic mass is 10.1. The lowest BCUT2D eigenvalue weighted by Crippen LogP contribution is -2.34. The number of carbonyl (C=O) groups is 1. The van der Waals surface area contributed by atoms with Crippen LogP contribution < -0.4 is 5.73 Å². The van der Waals surface area contributed by atoms with Crippen molar-refractivity contribution in [3.05, 3.63) is 34.6 Å². The van der Waals surface area contributed by atoms with Gasteiger partial charge in [-0.05, 0) is 30.7 Å². The zero-order valence-corrected chi connectivity index (χ0v) is 9.63. The summed E-state index contributed by atoms with van der Waals surface area (Å²) >= 11 is 5.72. The molecule has 0 unspecified atom stereocenters. The molecule has 1 rings (SSSR count). The van der Waals surface area contributed by atoms with Crippen LogP contribution >= 0.6 is 11.6 Å². The smallest absolute Gasteiger partial charge is 0.323 e. The monoisotopic (exact) mass is 245 g/mol. The summed E-state index contributed by atoms with van der Waals surface area (Å²) < 4.78 is 18.0. The summed E-state index contributed by atoms with van der Waals surface area (Å²) in [7, 11) is 0. The minimum atomic E-state index is -0.868. The van der Waals surface area contributed by atoms with Crippen molar-refractivity contribution in [3.8, 4) is 0 Å². The zero-order chi connectivity index (χ0) is 12.1. The van der Waals surface area contributed by atoms with Gasteiger partial charge in [-0.25, -0.2) is 4.39 Å². The van der Waals surface area contributed by atoms with E-state index in [2.05, 4.69) is 0 Å². The molecule has 0 fully saturated rings. The average Bonchev–Trinajstić information content (AvgIpc) is 2.23. The van der Waals surface area contributed by atoms with E-state index < -0.39 is 17.8 Å². The first kappa shape index (κ1) is 12.9. The van der Waals surface area contributed by atoms with Crippen LogP contribution in [-0.2, 0) is 16.0 Å². The van der Waals surface area contributed by atoms with E-state index in [1.807, 2.05) is 0 Å². The second-order valence-electron chi connectivity index (χ2n) is 3.30. The summed E-state index contributed by atoms with van der Waals surface area (Å²) in [6.07, 6.45) is 0.0746. The molecule has 2 N–H and O–H groups in total. The molecule has 1 aromatic carbocycles. The van der Waals surface area contributed by atoms with Crippen LogP contribution in [-0.4, -0.2) is 18.6 Å². The lowest BCUT2D eigenvalue weighted by molar-refractivity contribution is -0.144. The van der Waals surface area contributed by atoms with Crippen LogP contribution in [0.3, 0.4) is 0 Å². The Balaban J connectivity index is 2.72. The van der Waals surface area contributed by atoms with Gasteiger partial charge in [0.2, 0.25) is 0 Å². The van der Waals surface area contributed by atoms with Gasteiger partial charge in [-0.15, -0.1) is 0 Å². The third kappa shape index (κ3) is 3.47. The van der Waals surface area contributed by atoms with Crippen molar-refractivity contribution in [3.63, 3.8) is 0 Å². The molecule has 0 bridgehead atoms. The van der Waals surface area contributed by atoms with Gasteiger partial charge in [0.05, 0.1) is 6.61 Å². The molecule has 0 spiro atoms. The highest BCUT2D eigenvalue weighted by atomic mass is 35.5. The van der Waals surface area contributed by atoms with E-state index in [9.17, 15) is 9.18 Å². The zero-order valence-electron chi connectivity index (χ0n) is 8.87. The second kappa shape index (κ2) is 5.82. The molecule has 0 radical (unpaired) electrons. The number of rotatable bonds is 4. The van der Waals surface area contributed by atoms with Gasteiger partial charge in [0.1, 0.15) is 11.9 Å². The second-order valence-corrected chi connectivity index (χ2v) is 3.73. The van der Waals surface area contributed by atoms with Crippen LogP contribution in [0.1, 0.15) is 12.5 Å². The molecular formula is C11H13ClFNO2. The minimum absolute atomic E-state index is 0.0746. The Hall–Kier alpha value is -1.13. The SMILES string of the molecule is CCOC(=O)[C@H](N)Cc1cc(Cl)ccc1F. The highest BCUT2D eigenvalue weighted by Gasteiger charge is 2.17. The van der Waals surface area contributed by atoms with Crippen molar-refractivity contribution >= 4 is 17.6 Å². The van der Waals surface area contributed by atoms with Crippen LogP contribution in [0, 0.1) is 5.82 Å². The Morgan fingerprint density at radius 2 is 2.31 bits per heavy atom. The van der Waals surface area contributed by atoms with Gasteiger partial charge in [0, 0.05) is 11.4 Å². The fourth-order valence-corrected chi connectivity index (χ4v) is 1.46. The number of nitrogens with two attached hydrogens (primary N) is 1. The van der Waals surface area contributed by atoms with Crippen LogP contribution in [0.15, 0.2) is 18.2 Å². The predicted molar refractivity (Wildman–Crippen MR) is 59.7 cm³/mol. The summed E-state index contributed by atoms with van der Waals surface area (Å²) in [6.45, 7) is 1.94. The van der Waals surface area contributed by atoms with E-state index in [1.165, 1.54) is 18.2 Å². The first-order valence-electron chi connectivity index (χ1n) is 4.90. The van der Waals surface area contributed by atoms with Gasteiger partial charge in [0.15, 0.2) is 0 Å². The molecule has 0 aromatic heterocycles. The Labute approximate surface area is 98.3 Å². The molecule has 0 aliphatic rings. The summed E-state index contributed by atoms with van der Waals surface area (Å²) in [6, 6.07) is 3.27. The Morgan fingerprint density at radius 3 is 2.94 bits per heavy atom. The predicted octanol–water partition coefficient (Wildman–Crippen LogP) is 1.91. The van der Waals surface area contributed by atoms with Gasteiger partial charge < -0.3 is 10.5 Å². The van der Waals surface area contributed by atoms with E-state index in [0.29, 0.717) is 10.6 Å². The molecule has 0 saturated carbocycles. The Bertz CT molecular complexity index is 384. The standard InChI is InChI=1S/C11H13ClFNO2/c1-2-16-11(15)10(14)6-7-5-8(12)3-4-9(7)13/h3-5,10H,2,6,14H2,1H3/t10-/m1/s1. The van der Waals surface area contributed by atoms with E-state index >= 15 is 0 Å². The maximum atomic E-state index is 13.3. The fraction of sp³-hybridized carbons (Fsp3) is 0.364. The van der Waals surface area contributed by atoms with Gasteiger partial charge in [0.25, 0.3) is 0 Å². The molecule has 0 heterocycles. The summed E-state index contributed by atoms with van der Waals surface area (Å²) in [5.74, 6) is -0.967. The molecule has 0 aliphatic heterocycles. The quantitative estimate of drug-likeness (QED) is 0.825. The van der Waals surface area contributed by atoms with Crippen LogP contribution in [0.25, 0.3) is 0 Å². The molecule has 3 nitrogen and oxygen atoms in total. The normalized spacial score (nSPS) is 12.2.